The van der Waals surface area contributed by atoms with Crippen molar-refractivity contribution >= 4 is 56.6 Å². The molecule has 1 amide bonds. The van der Waals surface area contributed by atoms with E-state index in [0.29, 0.717) is 6.54 Å². The molecular weight excluding hydrogens is 487 g/mol. The quantitative estimate of drug-likeness (QED) is 0.290. The molecule has 0 heterocycles. The fraction of sp³-hybridized carbons (Fsp3) is 0.174. The molecule has 9 heteroatoms. The van der Waals surface area contributed by atoms with Gasteiger partial charge in [-0.2, -0.15) is 0 Å². The van der Waals surface area contributed by atoms with Crippen molar-refractivity contribution in [3.8, 4) is 0 Å². The van der Waals surface area contributed by atoms with Gasteiger partial charge in [0, 0.05) is 11.4 Å². The molecule has 1 N–H and O–H groups in total. The maximum Gasteiger partial charge on any atom is 0.264 e. The van der Waals surface area contributed by atoms with Gasteiger partial charge in [0.25, 0.3) is 10.0 Å². The van der Waals surface area contributed by atoms with Gasteiger partial charge in [0.15, 0.2) is 0 Å². The minimum Gasteiger partial charge on any atom is -0.354 e. The third-order valence-corrected chi connectivity index (χ3v) is 8.15. The first-order valence-electron chi connectivity index (χ1n) is 9.86. The number of benzene rings is 3. The molecule has 0 unspecified atom stereocenters. The zero-order valence-corrected chi connectivity index (χ0v) is 20.2. The lowest BCUT2D eigenvalue weighted by atomic mass is 10.3. The molecule has 3 aromatic rings. The Kier molecular flexibility index (Phi) is 8.87. The smallest absolute Gasteiger partial charge is 0.264 e. The lowest BCUT2D eigenvalue weighted by Crippen LogP contribution is -2.41. The maximum atomic E-state index is 13.3. The van der Waals surface area contributed by atoms with Crippen LogP contribution in [-0.2, 0) is 14.8 Å². The van der Waals surface area contributed by atoms with Crippen molar-refractivity contribution in [2.75, 3.05) is 23.1 Å². The number of sulfonamides is 1. The predicted molar refractivity (Wildman–Crippen MR) is 132 cm³/mol. The van der Waals surface area contributed by atoms with Crippen molar-refractivity contribution in [3.05, 3.63) is 88.9 Å². The van der Waals surface area contributed by atoms with Crippen molar-refractivity contribution in [2.45, 2.75) is 16.2 Å². The second-order valence-corrected chi connectivity index (χ2v) is 10.6. The summed E-state index contributed by atoms with van der Waals surface area (Å²) in [4.78, 5) is 13.9. The maximum absolute atomic E-state index is 13.3. The molecule has 0 aliphatic rings. The third-order valence-electron chi connectivity index (χ3n) is 4.47. The first kappa shape index (κ1) is 24.5. The lowest BCUT2D eigenvalue weighted by Gasteiger charge is -2.25. The van der Waals surface area contributed by atoms with Gasteiger partial charge in [-0.15, -0.1) is 11.8 Å². The Labute approximate surface area is 202 Å². The Morgan fingerprint density at radius 2 is 1.56 bits per heavy atom. The Morgan fingerprint density at radius 3 is 2.25 bits per heavy atom. The van der Waals surface area contributed by atoms with Gasteiger partial charge < -0.3 is 5.32 Å². The van der Waals surface area contributed by atoms with Gasteiger partial charge in [-0.25, -0.2) is 8.42 Å². The Bertz CT molecular complexity index is 1140. The summed E-state index contributed by atoms with van der Waals surface area (Å²) in [7, 11) is -4.03. The predicted octanol–water partition coefficient (Wildman–Crippen LogP) is 5.49. The van der Waals surface area contributed by atoms with Crippen LogP contribution in [-0.4, -0.2) is 33.2 Å². The SMILES string of the molecule is O=C(CN(c1cccc(Cl)c1Cl)S(=O)(=O)c1ccccc1)NCCCSc1ccccc1. The highest BCUT2D eigenvalue weighted by molar-refractivity contribution is 7.99. The standard InChI is InChI=1S/C23H22Cl2N2O3S2/c24-20-13-7-14-21(23(20)25)27(32(29,30)19-11-5-2-6-12-19)17-22(28)26-15-8-16-31-18-9-3-1-4-10-18/h1-7,9-14H,8,15-17H2,(H,26,28). The summed E-state index contributed by atoms with van der Waals surface area (Å²) in [6.45, 7) is 0.0181. The summed E-state index contributed by atoms with van der Waals surface area (Å²) in [5.41, 5.74) is 0.151. The Balaban J connectivity index is 1.69. The van der Waals surface area contributed by atoms with E-state index in [0.717, 1.165) is 21.4 Å². The first-order chi connectivity index (χ1) is 15.4. The molecule has 5 nitrogen and oxygen atoms in total. The number of carbonyl (C=O) groups excluding carboxylic acids is 1. The largest absolute Gasteiger partial charge is 0.354 e. The Morgan fingerprint density at radius 1 is 0.906 bits per heavy atom. The fourth-order valence-corrected chi connectivity index (χ4v) is 5.67. The summed E-state index contributed by atoms with van der Waals surface area (Å²) in [6.07, 6.45) is 0.745. The van der Waals surface area contributed by atoms with Gasteiger partial charge in [-0.05, 0) is 48.6 Å². The van der Waals surface area contributed by atoms with Crippen LogP contribution < -0.4 is 9.62 Å². The number of anilines is 1. The molecule has 0 aromatic heterocycles. The molecule has 0 spiro atoms. The molecule has 0 aliphatic carbocycles. The number of carbonyl (C=O) groups is 1. The van der Waals surface area contributed by atoms with E-state index in [2.05, 4.69) is 5.32 Å². The number of hydrogen-bond acceptors (Lipinski definition) is 4. The third kappa shape index (κ3) is 6.42. The van der Waals surface area contributed by atoms with E-state index >= 15 is 0 Å². The van der Waals surface area contributed by atoms with Crippen molar-refractivity contribution in [3.63, 3.8) is 0 Å². The molecule has 3 aromatic carbocycles. The molecule has 3 rings (SSSR count). The summed E-state index contributed by atoms with van der Waals surface area (Å²) in [5.74, 6) is 0.404. The fourth-order valence-electron chi connectivity index (χ4n) is 2.90. The average molecular weight is 509 g/mol. The van der Waals surface area contributed by atoms with Gasteiger partial charge in [0.1, 0.15) is 6.54 Å². The highest BCUT2D eigenvalue weighted by Gasteiger charge is 2.29. The van der Waals surface area contributed by atoms with Crippen molar-refractivity contribution in [2.24, 2.45) is 0 Å². The molecule has 0 aliphatic heterocycles. The number of nitrogens with one attached hydrogen (secondary N) is 1. The summed E-state index contributed by atoms with van der Waals surface area (Å²) >= 11 is 14.1. The topological polar surface area (TPSA) is 66.5 Å². The van der Waals surface area contributed by atoms with E-state index in [9.17, 15) is 13.2 Å². The normalized spacial score (nSPS) is 11.2. The molecule has 0 saturated heterocycles. The number of amides is 1. The Hall–Kier alpha value is -2.19. The van der Waals surface area contributed by atoms with Crippen molar-refractivity contribution < 1.29 is 13.2 Å². The number of thioether (sulfide) groups is 1. The average Bonchev–Trinajstić information content (AvgIpc) is 2.80. The number of rotatable bonds is 10. The monoisotopic (exact) mass is 508 g/mol. The van der Waals surface area contributed by atoms with Crippen LogP contribution >= 0.6 is 35.0 Å². The number of hydrogen-bond donors (Lipinski definition) is 1. The summed E-state index contributed by atoms with van der Waals surface area (Å²) in [5, 5.41) is 3.07. The molecule has 32 heavy (non-hydrogen) atoms. The number of halogens is 2. The molecule has 0 fully saturated rings. The van der Waals surface area contributed by atoms with Crippen LogP contribution in [0.15, 0.2) is 88.7 Å². The lowest BCUT2D eigenvalue weighted by molar-refractivity contribution is -0.119. The van der Waals surface area contributed by atoms with Gasteiger partial charge in [0.2, 0.25) is 5.91 Å². The second kappa shape index (κ2) is 11.6. The minimum atomic E-state index is -4.03. The van der Waals surface area contributed by atoms with Crippen LogP contribution in [0.3, 0.4) is 0 Å². The van der Waals surface area contributed by atoms with Gasteiger partial charge in [-0.3, -0.25) is 9.10 Å². The zero-order valence-electron chi connectivity index (χ0n) is 17.1. The highest BCUT2D eigenvalue weighted by atomic mass is 35.5. The van der Waals surface area contributed by atoms with Gasteiger partial charge in [0.05, 0.1) is 20.6 Å². The first-order valence-corrected chi connectivity index (χ1v) is 13.0. The van der Waals surface area contributed by atoms with Gasteiger partial charge in [-0.1, -0.05) is 65.7 Å². The second-order valence-electron chi connectivity index (χ2n) is 6.76. The van der Waals surface area contributed by atoms with E-state index < -0.39 is 22.5 Å². The molecule has 0 saturated carbocycles. The zero-order chi connectivity index (χ0) is 23.0. The minimum absolute atomic E-state index is 0.0584. The molecule has 168 valence electrons. The highest BCUT2D eigenvalue weighted by Crippen LogP contribution is 2.35. The van der Waals surface area contributed by atoms with Crippen LogP contribution in [0, 0.1) is 0 Å². The molecule has 0 radical (unpaired) electrons. The van der Waals surface area contributed by atoms with E-state index in [-0.39, 0.29) is 20.6 Å². The van der Waals surface area contributed by atoms with Crippen LogP contribution in [0.1, 0.15) is 6.42 Å². The number of nitrogens with zero attached hydrogens (tertiary/aromatic N) is 1. The molecular formula is C23H22Cl2N2O3S2. The van der Waals surface area contributed by atoms with Crippen LogP contribution in [0.4, 0.5) is 5.69 Å². The summed E-state index contributed by atoms with van der Waals surface area (Å²) < 4.78 is 27.6. The molecule has 0 atom stereocenters. The summed E-state index contributed by atoms with van der Waals surface area (Å²) in [6, 6.07) is 22.6. The molecule has 0 bridgehead atoms. The van der Waals surface area contributed by atoms with Crippen molar-refractivity contribution in [1.29, 1.82) is 0 Å². The van der Waals surface area contributed by atoms with Gasteiger partial charge >= 0.3 is 0 Å². The van der Waals surface area contributed by atoms with E-state index in [4.69, 9.17) is 23.2 Å². The van der Waals surface area contributed by atoms with Crippen LogP contribution in [0.5, 0.6) is 0 Å². The van der Waals surface area contributed by atoms with Crippen LogP contribution in [0.25, 0.3) is 0 Å². The van der Waals surface area contributed by atoms with Crippen LogP contribution in [0.2, 0.25) is 10.0 Å². The van der Waals surface area contributed by atoms with E-state index in [1.165, 1.54) is 18.2 Å². The van der Waals surface area contributed by atoms with E-state index in [1.807, 2.05) is 30.3 Å². The van der Waals surface area contributed by atoms with Crippen molar-refractivity contribution in [1.82, 2.24) is 5.32 Å². The van der Waals surface area contributed by atoms with E-state index in [1.54, 1.807) is 42.1 Å².